The molecule has 0 aliphatic rings. The molecule has 0 aliphatic heterocycles. The van der Waals surface area contributed by atoms with E-state index in [-0.39, 0.29) is 5.56 Å². The number of halogens is 1. The maximum Gasteiger partial charge on any atom is 0.258 e. The van der Waals surface area contributed by atoms with Crippen molar-refractivity contribution in [3.05, 3.63) is 39.7 Å². The standard InChI is InChI=1S/C11H12FN3O/c1-5(13)7-3-8-10(4-9(7)12)14-6(2)15-11(8)16/h3-5H,13H2,1-2H3,(H,14,15,16). The number of nitrogens with one attached hydrogen (secondary N) is 1. The van der Waals surface area contributed by atoms with Crippen molar-refractivity contribution in [3.63, 3.8) is 0 Å². The maximum absolute atomic E-state index is 13.6. The summed E-state index contributed by atoms with van der Waals surface area (Å²) < 4.78 is 13.6. The van der Waals surface area contributed by atoms with Gasteiger partial charge in [0.15, 0.2) is 0 Å². The third-order valence-electron chi connectivity index (χ3n) is 2.43. The molecule has 16 heavy (non-hydrogen) atoms. The molecule has 1 aromatic heterocycles. The quantitative estimate of drug-likeness (QED) is 0.764. The number of H-pyrrole nitrogens is 1. The number of hydrogen-bond donors (Lipinski definition) is 2. The zero-order valence-electron chi connectivity index (χ0n) is 9.04. The molecule has 4 nitrogen and oxygen atoms in total. The van der Waals surface area contributed by atoms with E-state index >= 15 is 0 Å². The Kier molecular flexibility index (Phi) is 2.47. The predicted molar refractivity (Wildman–Crippen MR) is 59.7 cm³/mol. The molecule has 0 saturated carbocycles. The van der Waals surface area contributed by atoms with Crippen LogP contribution < -0.4 is 11.3 Å². The highest BCUT2D eigenvalue weighted by Gasteiger charge is 2.11. The smallest absolute Gasteiger partial charge is 0.258 e. The van der Waals surface area contributed by atoms with Crippen LogP contribution in [0.4, 0.5) is 4.39 Å². The third kappa shape index (κ3) is 1.69. The SMILES string of the molecule is Cc1nc2cc(F)c(C(C)N)cc2c(=O)[nH]1. The Bertz CT molecular complexity index is 604. The first kappa shape index (κ1) is 10.8. The van der Waals surface area contributed by atoms with Crippen molar-refractivity contribution >= 4 is 10.9 Å². The van der Waals surface area contributed by atoms with Crippen LogP contribution in [-0.4, -0.2) is 9.97 Å². The van der Waals surface area contributed by atoms with Gasteiger partial charge in [-0.25, -0.2) is 9.37 Å². The van der Waals surface area contributed by atoms with Gasteiger partial charge in [-0.15, -0.1) is 0 Å². The minimum atomic E-state index is -0.454. The van der Waals surface area contributed by atoms with Gasteiger partial charge in [0, 0.05) is 17.7 Å². The van der Waals surface area contributed by atoms with E-state index in [9.17, 15) is 9.18 Å². The van der Waals surface area contributed by atoms with Crippen molar-refractivity contribution < 1.29 is 4.39 Å². The van der Waals surface area contributed by atoms with Crippen molar-refractivity contribution in [1.29, 1.82) is 0 Å². The van der Waals surface area contributed by atoms with Crippen LogP contribution in [0.1, 0.15) is 24.4 Å². The fraction of sp³-hybridized carbons (Fsp3) is 0.273. The summed E-state index contributed by atoms with van der Waals surface area (Å²) >= 11 is 0. The lowest BCUT2D eigenvalue weighted by Gasteiger charge is -2.08. The lowest BCUT2D eigenvalue weighted by Crippen LogP contribution is -2.13. The third-order valence-corrected chi connectivity index (χ3v) is 2.43. The molecule has 1 heterocycles. The monoisotopic (exact) mass is 221 g/mol. The Morgan fingerprint density at radius 2 is 2.19 bits per heavy atom. The van der Waals surface area contributed by atoms with Gasteiger partial charge in [-0.3, -0.25) is 4.79 Å². The Labute approximate surface area is 91.3 Å². The summed E-state index contributed by atoms with van der Waals surface area (Å²) in [6, 6.07) is 2.25. The summed E-state index contributed by atoms with van der Waals surface area (Å²) in [6.45, 7) is 3.32. The van der Waals surface area contributed by atoms with Crippen molar-refractivity contribution in [2.75, 3.05) is 0 Å². The molecule has 5 heteroatoms. The number of nitrogens with two attached hydrogens (primary N) is 1. The van der Waals surface area contributed by atoms with Crippen LogP contribution in [-0.2, 0) is 0 Å². The van der Waals surface area contributed by atoms with Gasteiger partial charge in [0.1, 0.15) is 11.6 Å². The van der Waals surface area contributed by atoms with Crippen LogP contribution in [0.2, 0.25) is 0 Å². The van der Waals surface area contributed by atoms with E-state index in [4.69, 9.17) is 5.73 Å². The van der Waals surface area contributed by atoms with E-state index in [1.807, 2.05) is 0 Å². The minimum absolute atomic E-state index is 0.274. The first-order valence-corrected chi connectivity index (χ1v) is 4.94. The molecule has 1 aromatic carbocycles. The van der Waals surface area contributed by atoms with Gasteiger partial charge in [0.25, 0.3) is 5.56 Å². The molecule has 2 aromatic rings. The molecule has 2 rings (SSSR count). The van der Waals surface area contributed by atoms with Crippen LogP contribution in [0.15, 0.2) is 16.9 Å². The Morgan fingerprint density at radius 1 is 1.50 bits per heavy atom. The summed E-state index contributed by atoms with van der Waals surface area (Å²) in [7, 11) is 0. The number of rotatable bonds is 1. The number of fused-ring (bicyclic) bond motifs is 1. The van der Waals surface area contributed by atoms with Gasteiger partial charge >= 0.3 is 0 Å². The molecule has 0 spiro atoms. The molecule has 0 fully saturated rings. The molecular weight excluding hydrogens is 209 g/mol. The van der Waals surface area contributed by atoms with E-state index in [1.54, 1.807) is 13.8 Å². The first-order chi connectivity index (χ1) is 7.49. The maximum atomic E-state index is 13.6. The highest BCUT2D eigenvalue weighted by molar-refractivity contribution is 5.78. The summed E-state index contributed by atoms with van der Waals surface area (Å²) in [6.07, 6.45) is 0. The van der Waals surface area contributed by atoms with E-state index in [1.165, 1.54) is 12.1 Å². The molecule has 1 unspecified atom stereocenters. The van der Waals surface area contributed by atoms with Crippen LogP contribution in [0, 0.1) is 12.7 Å². The average molecular weight is 221 g/mol. The molecule has 0 amide bonds. The summed E-state index contributed by atoms with van der Waals surface area (Å²) in [5.74, 6) is 0.0328. The Hall–Kier alpha value is -1.75. The number of aromatic nitrogens is 2. The first-order valence-electron chi connectivity index (χ1n) is 4.94. The van der Waals surface area contributed by atoms with E-state index in [0.717, 1.165) is 0 Å². The molecule has 1 atom stereocenters. The molecule has 3 N–H and O–H groups in total. The van der Waals surface area contributed by atoms with Crippen LogP contribution in [0.5, 0.6) is 0 Å². The summed E-state index contributed by atoms with van der Waals surface area (Å²) in [4.78, 5) is 18.3. The number of aromatic amines is 1. The van der Waals surface area contributed by atoms with Gasteiger partial charge in [-0.1, -0.05) is 0 Å². The van der Waals surface area contributed by atoms with Crippen molar-refractivity contribution in [3.8, 4) is 0 Å². The minimum Gasteiger partial charge on any atom is -0.324 e. The number of aryl methyl sites for hydroxylation is 1. The van der Waals surface area contributed by atoms with Crippen molar-refractivity contribution in [2.45, 2.75) is 19.9 Å². The van der Waals surface area contributed by atoms with E-state index < -0.39 is 11.9 Å². The highest BCUT2D eigenvalue weighted by Crippen LogP contribution is 2.19. The predicted octanol–water partition coefficient (Wildman–Crippen LogP) is 1.39. The van der Waals surface area contributed by atoms with E-state index in [2.05, 4.69) is 9.97 Å². The number of hydrogen-bond acceptors (Lipinski definition) is 3. The fourth-order valence-corrected chi connectivity index (χ4v) is 1.64. The Morgan fingerprint density at radius 3 is 2.81 bits per heavy atom. The summed E-state index contributed by atoms with van der Waals surface area (Å²) in [5.41, 5.74) is 6.01. The van der Waals surface area contributed by atoms with Crippen LogP contribution in [0.3, 0.4) is 0 Å². The second-order valence-corrected chi connectivity index (χ2v) is 3.83. The normalized spacial score (nSPS) is 13.0. The molecule has 0 bridgehead atoms. The van der Waals surface area contributed by atoms with Gasteiger partial charge in [-0.05, 0) is 19.9 Å². The molecule has 0 radical (unpaired) electrons. The number of benzene rings is 1. The van der Waals surface area contributed by atoms with Gasteiger partial charge < -0.3 is 10.7 Å². The molecular formula is C11H12FN3O. The highest BCUT2D eigenvalue weighted by atomic mass is 19.1. The second-order valence-electron chi connectivity index (χ2n) is 3.83. The molecule has 84 valence electrons. The fourth-order valence-electron chi connectivity index (χ4n) is 1.64. The Balaban J connectivity index is 2.85. The number of nitrogens with zero attached hydrogens (tertiary/aromatic N) is 1. The summed E-state index contributed by atoms with van der Waals surface area (Å²) in [5, 5.41) is 0.360. The van der Waals surface area contributed by atoms with Gasteiger partial charge in [-0.2, -0.15) is 0 Å². The second kappa shape index (κ2) is 3.68. The van der Waals surface area contributed by atoms with Crippen LogP contribution >= 0.6 is 0 Å². The molecule has 0 saturated heterocycles. The zero-order chi connectivity index (χ0) is 11.9. The van der Waals surface area contributed by atoms with Crippen molar-refractivity contribution in [2.24, 2.45) is 5.73 Å². The van der Waals surface area contributed by atoms with E-state index in [0.29, 0.717) is 22.3 Å². The largest absolute Gasteiger partial charge is 0.324 e. The van der Waals surface area contributed by atoms with Crippen molar-refractivity contribution in [1.82, 2.24) is 9.97 Å². The molecule has 0 aliphatic carbocycles. The lowest BCUT2D eigenvalue weighted by atomic mass is 10.1. The zero-order valence-corrected chi connectivity index (χ0v) is 9.04. The lowest BCUT2D eigenvalue weighted by molar-refractivity contribution is 0.595. The van der Waals surface area contributed by atoms with Gasteiger partial charge in [0.05, 0.1) is 10.9 Å². The average Bonchev–Trinajstić information content (AvgIpc) is 2.15. The topological polar surface area (TPSA) is 71.8 Å². The van der Waals surface area contributed by atoms with Gasteiger partial charge in [0.2, 0.25) is 0 Å². The van der Waals surface area contributed by atoms with Crippen LogP contribution in [0.25, 0.3) is 10.9 Å².